The number of aliphatic hydroxyl groups is 1. The quantitative estimate of drug-likeness (QED) is 0.314. The molecule has 0 spiro atoms. The van der Waals surface area contributed by atoms with Crippen LogP contribution in [0.15, 0.2) is 65.9 Å². The van der Waals surface area contributed by atoms with E-state index in [9.17, 15) is 24.8 Å². The third kappa shape index (κ3) is 4.27. The van der Waals surface area contributed by atoms with Crippen molar-refractivity contribution in [1.29, 1.82) is 0 Å². The number of aromatic nitrogens is 1. The SMILES string of the molecule is Cc1nc(C)c(C(=O)C2=C(O)C(=O)N(CCc3ccccc3)C2c2ccc([N+](=O)[O-])cc2)s1. The number of aryl methyl sites for hydroxylation is 2. The van der Waals surface area contributed by atoms with E-state index in [-0.39, 0.29) is 17.8 Å². The Morgan fingerprint density at radius 1 is 1.15 bits per heavy atom. The van der Waals surface area contributed by atoms with Crippen molar-refractivity contribution in [2.45, 2.75) is 26.3 Å². The van der Waals surface area contributed by atoms with E-state index in [2.05, 4.69) is 4.98 Å². The molecule has 0 saturated heterocycles. The number of nitrogens with zero attached hydrogens (tertiary/aromatic N) is 3. The molecular formula is C24H21N3O5S. The van der Waals surface area contributed by atoms with E-state index in [1.165, 1.54) is 40.5 Å². The Morgan fingerprint density at radius 3 is 2.39 bits per heavy atom. The van der Waals surface area contributed by atoms with Gasteiger partial charge in [0.25, 0.3) is 11.6 Å². The van der Waals surface area contributed by atoms with Crippen LogP contribution in [0.1, 0.15) is 37.5 Å². The summed E-state index contributed by atoms with van der Waals surface area (Å²) in [6.45, 7) is 3.74. The summed E-state index contributed by atoms with van der Waals surface area (Å²) in [5, 5.41) is 22.6. The molecule has 1 aliphatic heterocycles. The number of ketones is 1. The Morgan fingerprint density at radius 2 is 1.82 bits per heavy atom. The fourth-order valence-electron chi connectivity index (χ4n) is 4.00. The highest BCUT2D eigenvalue weighted by Gasteiger charge is 2.44. The lowest BCUT2D eigenvalue weighted by Crippen LogP contribution is -2.33. The van der Waals surface area contributed by atoms with Gasteiger partial charge in [-0.2, -0.15) is 0 Å². The highest BCUT2D eigenvalue weighted by molar-refractivity contribution is 7.14. The zero-order valence-electron chi connectivity index (χ0n) is 18.0. The summed E-state index contributed by atoms with van der Waals surface area (Å²) in [4.78, 5) is 43.2. The second-order valence-corrected chi connectivity index (χ2v) is 8.93. The maximum absolute atomic E-state index is 13.5. The Bertz CT molecular complexity index is 1270. The predicted molar refractivity (Wildman–Crippen MR) is 123 cm³/mol. The van der Waals surface area contributed by atoms with Crippen molar-refractivity contribution < 1.29 is 19.6 Å². The van der Waals surface area contributed by atoms with Crippen molar-refractivity contribution >= 4 is 28.7 Å². The molecule has 8 nitrogen and oxygen atoms in total. The van der Waals surface area contributed by atoms with Crippen LogP contribution in [0.3, 0.4) is 0 Å². The molecule has 1 atom stereocenters. The minimum absolute atomic E-state index is 0.0336. The normalized spacial score (nSPS) is 15.9. The van der Waals surface area contributed by atoms with Crippen molar-refractivity contribution in [1.82, 2.24) is 9.88 Å². The first-order valence-electron chi connectivity index (χ1n) is 10.3. The van der Waals surface area contributed by atoms with Crippen molar-refractivity contribution in [3.8, 4) is 0 Å². The summed E-state index contributed by atoms with van der Waals surface area (Å²) < 4.78 is 0. The van der Waals surface area contributed by atoms with Gasteiger partial charge < -0.3 is 10.0 Å². The summed E-state index contributed by atoms with van der Waals surface area (Å²) in [7, 11) is 0. The number of nitro benzene ring substituents is 1. The average molecular weight is 464 g/mol. The Kier molecular flexibility index (Phi) is 6.06. The fraction of sp³-hybridized carbons (Fsp3) is 0.208. The number of amides is 1. The molecule has 2 heterocycles. The number of nitro groups is 1. The van der Waals surface area contributed by atoms with Gasteiger partial charge in [0.05, 0.1) is 32.1 Å². The van der Waals surface area contributed by atoms with Gasteiger partial charge in [-0.1, -0.05) is 30.3 Å². The van der Waals surface area contributed by atoms with E-state index >= 15 is 0 Å². The van der Waals surface area contributed by atoms with Crippen LogP contribution in [-0.4, -0.2) is 38.1 Å². The number of carbonyl (C=O) groups is 2. The first-order valence-corrected chi connectivity index (χ1v) is 11.1. The lowest BCUT2D eigenvalue weighted by molar-refractivity contribution is -0.384. The number of carbonyl (C=O) groups excluding carboxylic acids is 2. The number of non-ortho nitro benzene ring substituents is 1. The topological polar surface area (TPSA) is 114 Å². The van der Waals surface area contributed by atoms with Gasteiger partial charge in [0.1, 0.15) is 0 Å². The van der Waals surface area contributed by atoms with E-state index in [0.29, 0.717) is 27.6 Å². The van der Waals surface area contributed by atoms with E-state index in [1.54, 1.807) is 13.8 Å². The number of Topliss-reactive ketones (excluding diaryl/α,β-unsaturated/α-hetero) is 1. The molecular weight excluding hydrogens is 442 g/mol. The Hall–Kier alpha value is -3.85. The third-order valence-electron chi connectivity index (χ3n) is 5.56. The second kappa shape index (κ2) is 8.95. The highest BCUT2D eigenvalue weighted by atomic mass is 32.1. The van der Waals surface area contributed by atoms with Crippen molar-refractivity contribution in [3.05, 3.63) is 103 Å². The van der Waals surface area contributed by atoms with Crippen molar-refractivity contribution in [2.75, 3.05) is 6.54 Å². The van der Waals surface area contributed by atoms with Gasteiger partial charge in [-0.25, -0.2) is 4.98 Å². The number of benzene rings is 2. The number of hydrogen-bond acceptors (Lipinski definition) is 7. The van der Waals surface area contributed by atoms with E-state index in [4.69, 9.17) is 0 Å². The standard InChI is InChI=1S/C24H21N3O5S/c1-14-23(33-15(2)25-14)21(28)19-20(17-8-10-18(11-9-17)27(31)32)26(24(30)22(19)29)13-12-16-6-4-3-5-7-16/h3-11,20,29H,12-13H2,1-2H3. The number of aliphatic hydroxyl groups excluding tert-OH is 1. The predicted octanol–water partition coefficient (Wildman–Crippen LogP) is 4.49. The van der Waals surface area contributed by atoms with Gasteiger partial charge in [-0.15, -0.1) is 11.3 Å². The summed E-state index contributed by atoms with van der Waals surface area (Å²) in [6, 6.07) is 14.4. The van der Waals surface area contributed by atoms with Crippen LogP contribution < -0.4 is 0 Å². The monoisotopic (exact) mass is 463 g/mol. The summed E-state index contributed by atoms with van der Waals surface area (Å²) in [5.74, 6) is -1.70. The molecule has 0 fully saturated rings. The van der Waals surface area contributed by atoms with Crippen molar-refractivity contribution in [2.24, 2.45) is 0 Å². The number of hydrogen-bond donors (Lipinski definition) is 1. The summed E-state index contributed by atoms with van der Waals surface area (Å²) in [6.07, 6.45) is 0.517. The largest absolute Gasteiger partial charge is 0.503 e. The molecule has 0 aliphatic carbocycles. The molecule has 1 unspecified atom stereocenters. The van der Waals surface area contributed by atoms with E-state index in [1.807, 2.05) is 30.3 Å². The van der Waals surface area contributed by atoms with E-state index < -0.39 is 28.4 Å². The molecule has 1 amide bonds. The van der Waals surface area contributed by atoms with Crippen LogP contribution in [0.2, 0.25) is 0 Å². The molecule has 33 heavy (non-hydrogen) atoms. The molecule has 0 radical (unpaired) electrons. The van der Waals surface area contributed by atoms with Crippen LogP contribution in [0.4, 0.5) is 5.69 Å². The van der Waals surface area contributed by atoms with Crippen LogP contribution >= 0.6 is 11.3 Å². The highest BCUT2D eigenvalue weighted by Crippen LogP contribution is 2.40. The zero-order chi connectivity index (χ0) is 23.7. The first-order chi connectivity index (χ1) is 15.8. The maximum Gasteiger partial charge on any atom is 0.290 e. The second-order valence-electron chi connectivity index (χ2n) is 7.72. The molecule has 0 saturated carbocycles. The minimum atomic E-state index is -0.865. The lowest BCUT2D eigenvalue weighted by Gasteiger charge is -2.27. The van der Waals surface area contributed by atoms with Gasteiger partial charge in [0.2, 0.25) is 5.78 Å². The molecule has 2 aromatic carbocycles. The van der Waals surface area contributed by atoms with Crippen LogP contribution in [0.25, 0.3) is 0 Å². The minimum Gasteiger partial charge on any atom is -0.503 e. The average Bonchev–Trinajstić information content (AvgIpc) is 3.28. The molecule has 1 aromatic heterocycles. The summed E-state index contributed by atoms with van der Waals surface area (Å²) in [5.41, 5.74) is 1.90. The molecule has 0 bridgehead atoms. The number of rotatable bonds is 7. The zero-order valence-corrected chi connectivity index (χ0v) is 18.8. The van der Waals surface area contributed by atoms with Gasteiger partial charge in [0.15, 0.2) is 5.76 Å². The molecule has 3 aromatic rings. The third-order valence-corrected chi connectivity index (χ3v) is 6.63. The van der Waals surface area contributed by atoms with Gasteiger partial charge in [-0.05, 0) is 43.5 Å². The first kappa shape index (κ1) is 22.3. The molecule has 1 N–H and O–H groups in total. The number of thiazole rings is 1. The van der Waals surface area contributed by atoms with Crippen LogP contribution in [0, 0.1) is 24.0 Å². The molecule has 4 rings (SSSR count). The summed E-state index contributed by atoms with van der Waals surface area (Å²) >= 11 is 1.20. The Labute approximate surface area is 194 Å². The van der Waals surface area contributed by atoms with Crippen molar-refractivity contribution in [3.63, 3.8) is 0 Å². The van der Waals surface area contributed by atoms with Gasteiger partial charge in [0, 0.05) is 18.7 Å². The van der Waals surface area contributed by atoms with Crippen LogP contribution in [-0.2, 0) is 11.2 Å². The lowest BCUT2D eigenvalue weighted by atomic mass is 9.94. The Balaban J connectivity index is 1.75. The van der Waals surface area contributed by atoms with Gasteiger partial charge in [-0.3, -0.25) is 19.7 Å². The molecule has 168 valence electrons. The van der Waals surface area contributed by atoms with Crippen LogP contribution in [0.5, 0.6) is 0 Å². The molecule has 1 aliphatic rings. The van der Waals surface area contributed by atoms with Gasteiger partial charge >= 0.3 is 0 Å². The molecule has 9 heteroatoms. The smallest absolute Gasteiger partial charge is 0.290 e. The maximum atomic E-state index is 13.5. The fourth-order valence-corrected chi connectivity index (χ4v) is 4.87. The van der Waals surface area contributed by atoms with E-state index in [0.717, 1.165) is 5.56 Å².